The zero-order valence-corrected chi connectivity index (χ0v) is 16.2. The minimum atomic E-state index is -0.251. The number of carbonyl (C=O) groups excluding carboxylic acids is 1. The van der Waals surface area contributed by atoms with Crippen LogP contribution < -0.4 is 15.0 Å². The van der Waals surface area contributed by atoms with Crippen LogP contribution in [-0.4, -0.2) is 24.2 Å². The molecule has 1 aliphatic rings. The molecule has 2 aromatic rings. The highest BCUT2D eigenvalue weighted by molar-refractivity contribution is 7.80. The van der Waals surface area contributed by atoms with Gasteiger partial charge in [0, 0.05) is 12.2 Å². The molecule has 0 radical (unpaired) electrons. The van der Waals surface area contributed by atoms with E-state index in [1.54, 1.807) is 0 Å². The van der Waals surface area contributed by atoms with E-state index in [-0.39, 0.29) is 17.9 Å². The number of benzene rings is 2. The number of hydrogen-bond donors (Lipinski definition) is 1. The van der Waals surface area contributed by atoms with Crippen LogP contribution in [0.2, 0.25) is 0 Å². The molecule has 0 fully saturated rings. The Hall–Kier alpha value is -2.40. The average molecular weight is 369 g/mol. The van der Waals surface area contributed by atoms with Crippen molar-refractivity contribution in [3.8, 4) is 5.75 Å². The van der Waals surface area contributed by atoms with Gasteiger partial charge in [-0.3, -0.25) is 10.1 Å². The van der Waals surface area contributed by atoms with Crippen molar-refractivity contribution in [2.45, 2.75) is 32.6 Å². The Bertz CT molecular complexity index is 810. The number of nitrogens with zero attached hydrogens (tertiary/aromatic N) is 1. The van der Waals surface area contributed by atoms with E-state index in [9.17, 15) is 4.79 Å². The van der Waals surface area contributed by atoms with Crippen molar-refractivity contribution < 1.29 is 9.53 Å². The van der Waals surface area contributed by atoms with E-state index in [2.05, 4.69) is 32.2 Å². The van der Waals surface area contributed by atoms with Gasteiger partial charge in [0.25, 0.3) is 5.91 Å². The summed E-state index contributed by atoms with van der Waals surface area (Å²) in [6.45, 7) is 7.20. The summed E-state index contributed by atoms with van der Waals surface area (Å²) in [6.07, 6.45) is 0.933. The molecule has 0 saturated heterocycles. The highest BCUT2D eigenvalue weighted by atomic mass is 32.1. The number of amides is 1. The highest BCUT2D eigenvalue weighted by Crippen LogP contribution is 2.27. The molecule has 5 heteroatoms. The smallest absolute Gasteiger partial charge is 0.264 e. The Kier molecular flexibility index (Phi) is 5.28. The average Bonchev–Trinajstić information content (AvgIpc) is 3.04. The maximum atomic E-state index is 12.2. The Morgan fingerprint density at radius 3 is 2.54 bits per heavy atom. The summed E-state index contributed by atoms with van der Waals surface area (Å²) in [6, 6.07) is 15.9. The number of thiocarbonyl (C=S) groups is 1. The number of rotatable bonds is 3. The summed E-state index contributed by atoms with van der Waals surface area (Å²) in [5.74, 6) is 0.421. The minimum absolute atomic E-state index is 0.0650. The summed E-state index contributed by atoms with van der Waals surface area (Å²) < 4.78 is 5.58. The van der Waals surface area contributed by atoms with Gasteiger partial charge in [0.1, 0.15) is 5.75 Å². The molecule has 4 nitrogen and oxygen atoms in total. The van der Waals surface area contributed by atoms with Gasteiger partial charge in [-0.25, -0.2) is 0 Å². The van der Waals surface area contributed by atoms with Crippen LogP contribution in [0.25, 0.3) is 0 Å². The van der Waals surface area contributed by atoms with Gasteiger partial charge in [-0.1, -0.05) is 51.1 Å². The molecule has 0 aliphatic carbocycles. The molecule has 1 amide bonds. The first-order valence-electron chi connectivity index (χ1n) is 8.77. The Labute approximate surface area is 160 Å². The summed E-state index contributed by atoms with van der Waals surface area (Å²) in [5, 5.41) is 3.18. The van der Waals surface area contributed by atoms with Crippen molar-refractivity contribution in [1.82, 2.24) is 5.32 Å². The van der Waals surface area contributed by atoms with Gasteiger partial charge < -0.3 is 9.64 Å². The fourth-order valence-electron chi connectivity index (χ4n) is 2.97. The van der Waals surface area contributed by atoms with Gasteiger partial charge >= 0.3 is 0 Å². The first kappa shape index (κ1) is 18.4. The standard InChI is InChI=1S/C21H24N2O2S/c1-21(2,3)16-8-10-17(11-9-16)25-14-19(24)22-20(26)23-13-12-15-6-4-5-7-18(15)23/h4-11H,12-14H2,1-3H3,(H,22,24,26). The molecule has 0 spiro atoms. The quantitative estimate of drug-likeness (QED) is 0.836. The van der Waals surface area contributed by atoms with Gasteiger partial charge in [0.05, 0.1) is 0 Å². The third-order valence-electron chi connectivity index (χ3n) is 4.47. The molecule has 136 valence electrons. The molecule has 1 heterocycles. The number of nitrogens with one attached hydrogen (secondary N) is 1. The molecular formula is C21H24N2O2S. The fraction of sp³-hybridized carbons (Fsp3) is 0.333. The zero-order chi connectivity index (χ0) is 18.7. The highest BCUT2D eigenvalue weighted by Gasteiger charge is 2.22. The van der Waals surface area contributed by atoms with Crippen LogP contribution >= 0.6 is 12.2 Å². The molecule has 1 N–H and O–H groups in total. The first-order chi connectivity index (χ1) is 12.3. The topological polar surface area (TPSA) is 41.6 Å². The lowest BCUT2D eigenvalue weighted by molar-refractivity contribution is -0.121. The second-order valence-corrected chi connectivity index (χ2v) is 7.83. The largest absolute Gasteiger partial charge is 0.484 e. The summed E-state index contributed by atoms with van der Waals surface area (Å²) in [4.78, 5) is 14.1. The lowest BCUT2D eigenvalue weighted by atomic mass is 9.87. The normalized spacial score (nSPS) is 13.3. The second-order valence-electron chi connectivity index (χ2n) is 7.45. The van der Waals surface area contributed by atoms with Crippen molar-refractivity contribution in [1.29, 1.82) is 0 Å². The van der Waals surface area contributed by atoms with E-state index in [0.29, 0.717) is 10.9 Å². The van der Waals surface area contributed by atoms with Crippen LogP contribution in [0.3, 0.4) is 0 Å². The van der Waals surface area contributed by atoms with Crippen molar-refractivity contribution in [3.63, 3.8) is 0 Å². The van der Waals surface area contributed by atoms with Crippen molar-refractivity contribution in [2.75, 3.05) is 18.1 Å². The summed E-state index contributed by atoms with van der Waals surface area (Å²) in [7, 11) is 0. The van der Waals surface area contributed by atoms with Crippen LogP contribution in [-0.2, 0) is 16.6 Å². The Morgan fingerprint density at radius 1 is 1.15 bits per heavy atom. The number of para-hydroxylation sites is 1. The molecule has 0 unspecified atom stereocenters. The Morgan fingerprint density at radius 2 is 1.85 bits per heavy atom. The third kappa shape index (κ3) is 4.22. The van der Waals surface area contributed by atoms with Gasteiger partial charge in [-0.2, -0.15) is 0 Å². The maximum absolute atomic E-state index is 12.2. The number of hydrogen-bond acceptors (Lipinski definition) is 3. The predicted molar refractivity (Wildman–Crippen MR) is 109 cm³/mol. The lowest BCUT2D eigenvalue weighted by Crippen LogP contribution is -2.43. The molecule has 0 saturated carbocycles. The predicted octanol–water partition coefficient (Wildman–Crippen LogP) is 3.83. The fourth-order valence-corrected chi connectivity index (χ4v) is 3.28. The molecule has 2 aromatic carbocycles. The lowest BCUT2D eigenvalue weighted by Gasteiger charge is -2.21. The van der Waals surface area contributed by atoms with Gasteiger partial charge in [0.2, 0.25) is 0 Å². The van der Waals surface area contributed by atoms with E-state index >= 15 is 0 Å². The van der Waals surface area contributed by atoms with Crippen molar-refractivity contribution in [2.24, 2.45) is 0 Å². The van der Waals surface area contributed by atoms with E-state index in [1.165, 1.54) is 11.1 Å². The molecule has 26 heavy (non-hydrogen) atoms. The van der Waals surface area contributed by atoms with E-state index < -0.39 is 0 Å². The van der Waals surface area contributed by atoms with Crippen LogP contribution in [0.1, 0.15) is 31.9 Å². The summed E-state index contributed by atoms with van der Waals surface area (Å²) in [5.41, 5.74) is 3.63. The van der Waals surface area contributed by atoms with Crippen molar-refractivity contribution in [3.05, 3.63) is 59.7 Å². The number of anilines is 1. The van der Waals surface area contributed by atoms with Crippen LogP contribution in [0.15, 0.2) is 48.5 Å². The van der Waals surface area contributed by atoms with E-state index in [0.717, 1.165) is 18.7 Å². The third-order valence-corrected chi connectivity index (χ3v) is 4.79. The SMILES string of the molecule is CC(C)(C)c1ccc(OCC(=O)NC(=S)N2CCc3ccccc32)cc1. The second kappa shape index (κ2) is 7.46. The monoisotopic (exact) mass is 368 g/mol. The maximum Gasteiger partial charge on any atom is 0.264 e. The minimum Gasteiger partial charge on any atom is -0.484 e. The van der Waals surface area contributed by atoms with Gasteiger partial charge in [-0.05, 0) is 53.4 Å². The molecule has 0 bridgehead atoms. The van der Waals surface area contributed by atoms with Crippen LogP contribution in [0.5, 0.6) is 5.75 Å². The number of fused-ring (bicyclic) bond motifs is 1. The van der Waals surface area contributed by atoms with Gasteiger partial charge in [0.15, 0.2) is 11.7 Å². The first-order valence-corrected chi connectivity index (χ1v) is 9.18. The van der Waals surface area contributed by atoms with E-state index in [1.807, 2.05) is 47.4 Å². The van der Waals surface area contributed by atoms with Crippen molar-refractivity contribution >= 4 is 28.9 Å². The zero-order valence-electron chi connectivity index (χ0n) is 15.4. The van der Waals surface area contributed by atoms with Crippen LogP contribution in [0.4, 0.5) is 5.69 Å². The number of carbonyl (C=O) groups is 1. The van der Waals surface area contributed by atoms with Gasteiger partial charge in [-0.15, -0.1) is 0 Å². The number of ether oxygens (including phenoxy) is 1. The molecule has 1 aliphatic heterocycles. The Balaban J connectivity index is 1.52. The molecule has 3 rings (SSSR count). The molecular weight excluding hydrogens is 344 g/mol. The summed E-state index contributed by atoms with van der Waals surface area (Å²) >= 11 is 5.39. The molecule has 0 atom stereocenters. The molecule has 0 aromatic heterocycles. The van der Waals surface area contributed by atoms with E-state index in [4.69, 9.17) is 17.0 Å². The van der Waals surface area contributed by atoms with Crippen LogP contribution in [0, 0.1) is 0 Å².